The van der Waals surface area contributed by atoms with Gasteiger partial charge in [-0.15, -0.1) is 0 Å². The quantitative estimate of drug-likeness (QED) is 0.176. The number of hydrogen-bond donors (Lipinski definition) is 0. The number of ether oxygens (including phenoxy) is 4. The van der Waals surface area contributed by atoms with Crippen LogP contribution in [0.4, 0.5) is 0 Å². The molecule has 0 aliphatic heterocycles. The van der Waals surface area contributed by atoms with Crippen molar-refractivity contribution in [2.24, 2.45) is 0 Å². The fraction of sp³-hybridized carbons (Fsp3) is 0.346. The maximum absolute atomic E-state index is 12.3. The van der Waals surface area contributed by atoms with Gasteiger partial charge in [0.15, 0.2) is 0 Å². The van der Waals surface area contributed by atoms with Crippen molar-refractivity contribution in [1.82, 2.24) is 0 Å². The Kier molecular flexibility index (Phi) is 10.7. The Morgan fingerprint density at radius 1 is 0.788 bits per heavy atom. The van der Waals surface area contributed by atoms with E-state index >= 15 is 0 Å². The van der Waals surface area contributed by atoms with Crippen LogP contribution >= 0.6 is 0 Å². The lowest BCUT2D eigenvalue weighted by atomic mass is 10.2. The summed E-state index contributed by atoms with van der Waals surface area (Å²) in [7, 11) is 0. The molecule has 0 saturated heterocycles. The van der Waals surface area contributed by atoms with Crippen molar-refractivity contribution in [1.29, 1.82) is 0 Å². The van der Waals surface area contributed by atoms with E-state index in [1.807, 2.05) is 6.92 Å². The van der Waals surface area contributed by atoms with Crippen LogP contribution in [0, 0.1) is 0 Å². The highest BCUT2D eigenvalue weighted by atomic mass is 16.5. The van der Waals surface area contributed by atoms with Crippen molar-refractivity contribution in [3.8, 4) is 17.2 Å². The van der Waals surface area contributed by atoms with Crippen molar-refractivity contribution in [2.45, 2.75) is 46.0 Å². The van der Waals surface area contributed by atoms with E-state index in [0.29, 0.717) is 54.4 Å². The second-order valence-electron chi connectivity index (χ2n) is 7.43. The lowest BCUT2D eigenvalue weighted by molar-refractivity contribution is -0.139. The fourth-order valence-corrected chi connectivity index (χ4v) is 2.67. The van der Waals surface area contributed by atoms with E-state index in [1.54, 1.807) is 55.5 Å². The first kappa shape index (κ1) is 25.6. The summed E-state index contributed by atoms with van der Waals surface area (Å²) in [5.74, 6) is 0.159. The molecule has 0 aliphatic rings. The van der Waals surface area contributed by atoms with E-state index in [0.717, 1.165) is 12.8 Å². The summed E-state index contributed by atoms with van der Waals surface area (Å²) in [6.45, 7) is 8.05. The Morgan fingerprint density at radius 2 is 1.39 bits per heavy atom. The third-order valence-electron chi connectivity index (χ3n) is 4.44. The molecule has 0 spiro atoms. The average Bonchev–Trinajstić information content (AvgIpc) is 2.81. The Morgan fingerprint density at radius 3 is 2.00 bits per heavy atom. The Balaban J connectivity index is 1.70. The Labute approximate surface area is 194 Å². The number of benzene rings is 2. The van der Waals surface area contributed by atoms with Crippen LogP contribution in [-0.4, -0.2) is 31.1 Å². The summed E-state index contributed by atoms with van der Waals surface area (Å²) < 4.78 is 21.1. The van der Waals surface area contributed by atoms with Crippen LogP contribution in [0.5, 0.6) is 17.2 Å². The first-order valence-corrected chi connectivity index (χ1v) is 11.0. The summed E-state index contributed by atoms with van der Waals surface area (Å²) in [6, 6.07) is 13.0. The molecule has 0 fully saturated rings. The van der Waals surface area contributed by atoms with Gasteiger partial charge in [-0.25, -0.2) is 9.59 Å². The Bertz CT molecular complexity index is 930. The molecule has 0 amide bonds. The lowest BCUT2D eigenvalue weighted by Gasteiger charge is -2.08. The van der Waals surface area contributed by atoms with Crippen LogP contribution in [0.3, 0.4) is 0 Å². The van der Waals surface area contributed by atoms with Gasteiger partial charge in [-0.1, -0.05) is 13.5 Å². The predicted molar refractivity (Wildman–Crippen MR) is 124 cm³/mol. The first-order valence-electron chi connectivity index (χ1n) is 11.0. The van der Waals surface area contributed by atoms with E-state index in [2.05, 4.69) is 6.58 Å². The van der Waals surface area contributed by atoms with Gasteiger partial charge < -0.3 is 18.9 Å². The first-order chi connectivity index (χ1) is 15.9. The molecule has 0 heterocycles. The molecule has 7 nitrogen and oxygen atoms in total. The molecule has 2 aromatic carbocycles. The van der Waals surface area contributed by atoms with Crippen molar-refractivity contribution in [2.75, 3.05) is 13.2 Å². The van der Waals surface area contributed by atoms with Crippen LogP contribution in [0.25, 0.3) is 0 Å². The van der Waals surface area contributed by atoms with Gasteiger partial charge in [0.2, 0.25) is 0 Å². The molecule has 0 aliphatic carbocycles. The molecule has 0 saturated carbocycles. The highest BCUT2D eigenvalue weighted by molar-refractivity contribution is 5.91. The second-order valence-corrected chi connectivity index (χ2v) is 7.43. The van der Waals surface area contributed by atoms with Gasteiger partial charge in [0.25, 0.3) is 0 Å². The predicted octanol–water partition coefficient (Wildman–Crippen LogP) is 5.28. The summed E-state index contributed by atoms with van der Waals surface area (Å²) >= 11 is 0. The number of carbonyl (C=O) groups is 3. The van der Waals surface area contributed by atoms with E-state index in [9.17, 15) is 14.4 Å². The lowest BCUT2D eigenvalue weighted by Crippen LogP contribution is -2.09. The topological polar surface area (TPSA) is 88.1 Å². The van der Waals surface area contributed by atoms with Gasteiger partial charge in [-0.2, -0.15) is 0 Å². The molecule has 0 unspecified atom stereocenters. The minimum atomic E-state index is -0.490. The average molecular weight is 455 g/mol. The van der Waals surface area contributed by atoms with Crippen LogP contribution in [0.2, 0.25) is 0 Å². The van der Waals surface area contributed by atoms with Crippen molar-refractivity contribution < 1.29 is 33.3 Å². The van der Waals surface area contributed by atoms with E-state index in [1.165, 1.54) is 0 Å². The van der Waals surface area contributed by atoms with Gasteiger partial charge >= 0.3 is 17.9 Å². The van der Waals surface area contributed by atoms with Gasteiger partial charge in [0, 0.05) is 12.0 Å². The standard InChI is InChI=1S/C26H30O7/c1-4-17-30-21-11-9-20(10-12-21)26(29)33-23-15-13-22(14-16-23)32-24(27)8-6-5-7-18-31-25(28)19(2)3/h9-16H,2,4-8,17-18H2,1,3H3. The molecule has 2 rings (SSSR count). The summed E-state index contributed by atoms with van der Waals surface area (Å²) in [4.78, 5) is 35.5. The molecule has 2 aromatic rings. The third-order valence-corrected chi connectivity index (χ3v) is 4.44. The normalized spacial score (nSPS) is 10.2. The number of carbonyl (C=O) groups excluding carboxylic acids is 3. The van der Waals surface area contributed by atoms with Gasteiger partial charge in [-0.05, 0) is 81.1 Å². The number of unbranched alkanes of at least 4 members (excludes halogenated alkanes) is 2. The third kappa shape index (κ3) is 9.60. The summed E-state index contributed by atoms with van der Waals surface area (Å²) in [5.41, 5.74) is 0.773. The summed E-state index contributed by atoms with van der Waals surface area (Å²) in [5, 5.41) is 0. The second kappa shape index (κ2) is 13.7. The molecule has 33 heavy (non-hydrogen) atoms. The molecule has 0 aromatic heterocycles. The molecular weight excluding hydrogens is 424 g/mol. The zero-order valence-electron chi connectivity index (χ0n) is 19.1. The van der Waals surface area contributed by atoms with Gasteiger partial charge in [-0.3, -0.25) is 4.79 Å². The molecule has 176 valence electrons. The summed E-state index contributed by atoms with van der Waals surface area (Å²) in [6.07, 6.45) is 3.19. The monoisotopic (exact) mass is 454 g/mol. The van der Waals surface area contributed by atoms with E-state index < -0.39 is 11.9 Å². The van der Waals surface area contributed by atoms with Crippen LogP contribution in [0.1, 0.15) is 56.3 Å². The minimum Gasteiger partial charge on any atom is -0.494 e. The molecule has 0 bridgehead atoms. The largest absolute Gasteiger partial charge is 0.494 e. The van der Waals surface area contributed by atoms with Crippen LogP contribution in [0.15, 0.2) is 60.7 Å². The maximum Gasteiger partial charge on any atom is 0.343 e. The molecule has 0 atom stereocenters. The molecular formula is C26H30O7. The van der Waals surface area contributed by atoms with Crippen LogP contribution < -0.4 is 14.2 Å². The molecule has 0 radical (unpaired) electrons. The number of rotatable bonds is 13. The minimum absolute atomic E-state index is 0.253. The zero-order valence-corrected chi connectivity index (χ0v) is 19.1. The SMILES string of the molecule is C=C(C)C(=O)OCCCCCC(=O)Oc1ccc(OC(=O)c2ccc(OCCC)cc2)cc1. The van der Waals surface area contributed by atoms with Crippen molar-refractivity contribution >= 4 is 17.9 Å². The number of hydrogen-bond acceptors (Lipinski definition) is 7. The smallest absolute Gasteiger partial charge is 0.343 e. The highest BCUT2D eigenvalue weighted by Crippen LogP contribution is 2.20. The van der Waals surface area contributed by atoms with Gasteiger partial charge in [0.05, 0.1) is 18.8 Å². The highest BCUT2D eigenvalue weighted by Gasteiger charge is 2.10. The van der Waals surface area contributed by atoms with Crippen molar-refractivity contribution in [3.05, 3.63) is 66.2 Å². The van der Waals surface area contributed by atoms with E-state index in [-0.39, 0.29) is 12.4 Å². The fourth-order valence-electron chi connectivity index (χ4n) is 2.67. The zero-order chi connectivity index (χ0) is 24.1. The van der Waals surface area contributed by atoms with Crippen molar-refractivity contribution in [3.63, 3.8) is 0 Å². The van der Waals surface area contributed by atoms with Crippen LogP contribution in [-0.2, 0) is 14.3 Å². The molecule has 7 heteroatoms. The van der Waals surface area contributed by atoms with E-state index in [4.69, 9.17) is 18.9 Å². The van der Waals surface area contributed by atoms with Gasteiger partial charge in [0.1, 0.15) is 17.2 Å². The molecule has 0 N–H and O–H groups in total. The maximum atomic E-state index is 12.3. The number of esters is 3. The Hall–Kier alpha value is -3.61.